The van der Waals surface area contributed by atoms with Gasteiger partial charge in [-0.15, -0.1) is 11.8 Å². The minimum absolute atomic E-state index is 0.143. The molecule has 2 aromatic heterocycles. The molecule has 0 atom stereocenters. The van der Waals surface area contributed by atoms with Crippen molar-refractivity contribution >= 4 is 23.5 Å². The summed E-state index contributed by atoms with van der Waals surface area (Å²) in [6, 6.07) is 14.0. The SMILES string of the molecule is Cc1ccc(SCC(=O)Nc2c(C#N)c(C)c(C)n2Cc2ccco2)cc1. The van der Waals surface area contributed by atoms with Crippen LogP contribution >= 0.6 is 11.8 Å². The lowest BCUT2D eigenvalue weighted by Gasteiger charge is -2.12. The number of anilines is 1. The quantitative estimate of drug-likeness (QED) is 0.633. The van der Waals surface area contributed by atoms with Gasteiger partial charge in [-0.1, -0.05) is 17.7 Å². The van der Waals surface area contributed by atoms with Crippen molar-refractivity contribution in [3.05, 3.63) is 70.8 Å². The van der Waals surface area contributed by atoms with Gasteiger partial charge >= 0.3 is 0 Å². The number of carbonyl (C=O) groups excluding carboxylic acids is 1. The number of benzene rings is 1. The summed E-state index contributed by atoms with van der Waals surface area (Å²) in [6.07, 6.45) is 1.61. The first-order valence-electron chi connectivity index (χ1n) is 8.61. The van der Waals surface area contributed by atoms with Crippen LogP contribution in [0.2, 0.25) is 0 Å². The molecule has 0 radical (unpaired) electrons. The Kier molecular flexibility index (Phi) is 5.72. The Hall–Kier alpha value is -2.91. The Balaban J connectivity index is 1.78. The van der Waals surface area contributed by atoms with E-state index in [2.05, 4.69) is 11.4 Å². The third kappa shape index (κ3) is 4.26. The van der Waals surface area contributed by atoms with E-state index in [-0.39, 0.29) is 11.7 Å². The van der Waals surface area contributed by atoms with Crippen molar-refractivity contribution in [3.8, 4) is 6.07 Å². The zero-order valence-corrected chi connectivity index (χ0v) is 16.4. The van der Waals surface area contributed by atoms with E-state index >= 15 is 0 Å². The number of amides is 1. The molecule has 3 aromatic rings. The lowest BCUT2D eigenvalue weighted by Crippen LogP contribution is -2.18. The van der Waals surface area contributed by atoms with Crippen LogP contribution in [-0.4, -0.2) is 16.2 Å². The van der Waals surface area contributed by atoms with E-state index in [0.29, 0.717) is 17.9 Å². The number of nitrogens with zero attached hydrogens (tertiary/aromatic N) is 2. The predicted octanol–water partition coefficient (Wildman–Crippen LogP) is 4.66. The molecule has 0 saturated heterocycles. The summed E-state index contributed by atoms with van der Waals surface area (Å²) in [5.74, 6) is 1.42. The topological polar surface area (TPSA) is 71.0 Å². The standard InChI is InChI=1S/C21H21N3O2S/c1-14-6-8-18(9-7-14)27-13-20(25)23-21-19(11-22)15(2)16(3)24(21)12-17-5-4-10-26-17/h4-10H,12-13H2,1-3H3,(H,23,25). The van der Waals surface area contributed by atoms with E-state index in [1.54, 1.807) is 6.26 Å². The first-order chi connectivity index (χ1) is 13.0. The molecule has 0 fully saturated rings. The molecular weight excluding hydrogens is 358 g/mol. The molecule has 1 amide bonds. The third-order valence-corrected chi connectivity index (χ3v) is 5.50. The number of hydrogen-bond acceptors (Lipinski definition) is 4. The summed E-state index contributed by atoms with van der Waals surface area (Å²) >= 11 is 1.47. The van der Waals surface area contributed by atoms with E-state index in [0.717, 1.165) is 21.9 Å². The molecule has 5 nitrogen and oxygen atoms in total. The van der Waals surface area contributed by atoms with Gasteiger partial charge in [-0.25, -0.2) is 0 Å². The molecule has 138 valence electrons. The number of nitriles is 1. The third-order valence-electron chi connectivity index (χ3n) is 4.48. The fraction of sp³-hybridized carbons (Fsp3) is 0.238. The summed E-state index contributed by atoms with van der Waals surface area (Å²) in [4.78, 5) is 13.6. The summed E-state index contributed by atoms with van der Waals surface area (Å²) in [7, 11) is 0. The van der Waals surface area contributed by atoms with Crippen molar-refractivity contribution in [1.29, 1.82) is 5.26 Å². The Morgan fingerprint density at radius 1 is 1.22 bits per heavy atom. The van der Waals surface area contributed by atoms with Crippen molar-refractivity contribution in [1.82, 2.24) is 4.57 Å². The molecule has 1 aromatic carbocycles. The highest BCUT2D eigenvalue weighted by Crippen LogP contribution is 2.28. The van der Waals surface area contributed by atoms with Crippen LogP contribution in [0.1, 0.15) is 28.1 Å². The van der Waals surface area contributed by atoms with Crippen LogP contribution < -0.4 is 5.32 Å². The maximum absolute atomic E-state index is 12.5. The average Bonchev–Trinajstić information content (AvgIpc) is 3.24. The monoisotopic (exact) mass is 379 g/mol. The van der Waals surface area contributed by atoms with E-state index in [1.165, 1.54) is 17.3 Å². The number of hydrogen-bond donors (Lipinski definition) is 1. The zero-order chi connectivity index (χ0) is 19.4. The van der Waals surface area contributed by atoms with Crippen LogP contribution in [0.3, 0.4) is 0 Å². The first kappa shape index (κ1) is 18.9. The Labute approximate surface area is 163 Å². The van der Waals surface area contributed by atoms with Gasteiger partial charge in [-0.05, 0) is 50.6 Å². The number of carbonyl (C=O) groups is 1. The Morgan fingerprint density at radius 3 is 2.59 bits per heavy atom. The number of rotatable bonds is 6. The Morgan fingerprint density at radius 2 is 1.96 bits per heavy atom. The second kappa shape index (κ2) is 8.19. The van der Waals surface area contributed by atoms with Gasteiger partial charge in [-0.2, -0.15) is 5.26 Å². The second-order valence-electron chi connectivity index (χ2n) is 6.36. The highest BCUT2D eigenvalue weighted by atomic mass is 32.2. The van der Waals surface area contributed by atoms with Crippen LogP contribution in [0, 0.1) is 32.1 Å². The van der Waals surface area contributed by atoms with Gasteiger partial charge in [0.25, 0.3) is 0 Å². The maximum atomic E-state index is 12.5. The summed E-state index contributed by atoms with van der Waals surface area (Å²) in [6.45, 7) is 6.32. The molecule has 0 aliphatic heterocycles. The number of aryl methyl sites for hydroxylation is 1. The molecule has 27 heavy (non-hydrogen) atoms. The van der Waals surface area contributed by atoms with Crippen LogP contribution in [-0.2, 0) is 11.3 Å². The van der Waals surface area contributed by atoms with Crippen LogP contribution in [0.5, 0.6) is 0 Å². The van der Waals surface area contributed by atoms with E-state index in [1.807, 2.05) is 61.7 Å². The molecule has 0 aliphatic rings. The van der Waals surface area contributed by atoms with Crippen molar-refractivity contribution in [2.24, 2.45) is 0 Å². The number of furan rings is 1. The fourth-order valence-electron chi connectivity index (χ4n) is 2.84. The molecule has 0 aliphatic carbocycles. The second-order valence-corrected chi connectivity index (χ2v) is 7.41. The largest absolute Gasteiger partial charge is 0.467 e. The first-order valence-corrected chi connectivity index (χ1v) is 9.59. The van der Waals surface area contributed by atoms with Crippen LogP contribution in [0.15, 0.2) is 52.0 Å². The van der Waals surface area contributed by atoms with Crippen molar-refractivity contribution < 1.29 is 9.21 Å². The molecule has 2 heterocycles. The normalized spacial score (nSPS) is 10.6. The van der Waals surface area contributed by atoms with Crippen molar-refractivity contribution in [3.63, 3.8) is 0 Å². The van der Waals surface area contributed by atoms with E-state index in [4.69, 9.17) is 4.42 Å². The highest BCUT2D eigenvalue weighted by Gasteiger charge is 2.20. The van der Waals surface area contributed by atoms with Crippen LogP contribution in [0.4, 0.5) is 5.82 Å². The molecular formula is C21H21N3O2S. The molecule has 6 heteroatoms. The lowest BCUT2D eigenvalue weighted by atomic mass is 10.2. The highest BCUT2D eigenvalue weighted by molar-refractivity contribution is 8.00. The van der Waals surface area contributed by atoms with Gasteiger partial charge in [0.15, 0.2) is 0 Å². The van der Waals surface area contributed by atoms with Gasteiger partial charge in [0.2, 0.25) is 5.91 Å². The van der Waals surface area contributed by atoms with E-state index < -0.39 is 0 Å². The van der Waals surface area contributed by atoms with Crippen molar-refractivity contribution in [2.75, 3.05) is 11.1 Å². The number of nitrogens with one attached hydrogen (secondary N) is 1. The molecule has 0 saturated carbocycles. The molecule has 0 spiro atoms. The summed E-state index contributed by atoms with van der Waals surface area (Å²) < 4.78 is 7.35. The Bertz CT molecular complexity index is 980. The smallest absolute Gasteiger partial charge is 0.235 e. The minimum Gasteiger partial charge on any atom is -0.467 e. The van der Waals surface area contributed by atoms with Gasteiger partial charge in [0.1, 0.15) is 17.6 Å². The van der Waals surface area contributed by atoms with Gasteiger partial charge in [0.05, 0.1) is 24.1 Å². The number of thioether (sulfide) groups is 1. The van der Waals surface area contributed by atoms with Gasteiger partial charge in [0, 0.05) is 10.6 Å². The molecule has 0 bridgehead atoms. The van der Waals surface area contributed by atoms with E-state index in [9.17, 15) is 10.1 Å². The van der Waals surface area contributed by atoms with Gasteiger partial charge < -0.3 is 14.3 Å². The zero-order valence-electron chi connectivity index (χ0n) is 15.6. The average molecular weight is 379 g/mol. The predicted molar refractivity (Wildman–Crippen MR) is 107 cm³/mol. The van der Waals surface area contributed by atoms with Crippen LogP contribution in [0.25, 0.3) is 0 Å². The molecule has 3 rings (SSSR count). The number of aromatic nitrogens is 1. The molecule has 0 unspecified atom stereocenters. The summed E-state index contributed by atoms with van der Waals surface area (Å²) in [5.41, 5.74) is 3.48. The summed E-state index contributed by atoms with van der Waals surface area (Å²) in [5, 5.41) is 12.5. The maximum Gasteiger partial charge on any atom is 0.235 e. The lowest BCUT2D eigenvalue weighted by molar-refractivity contribution is -0.113. The minimum atomic E-state index is -0.143. The van der Waals surface area contributed by atoms with Gasteiger partial charge in [-0.3, -0.25) is 4.79 Å². The fourth-order valence-corrected chi connectivity index (χ4v) is 3.54. The molecule has 1 N–H and O–H groups in total. The van der Waals surface area contributed by atoms with Crippen molar-refractivity contribution in [2.45, 2.75) is 32.2 Å².